The Hall–Kier alpha value is -1.55. The fourth-order valence-electron chi connectivity index (χ4n) is 2.46. The van der Waals surface area contributed by atoms with E-state index in [-0.39, 0.29) is 18.5 Å². The Morgan fingerprint density at radius 1 is 1.38 bits per heavy atom. The molecule has 116 valence electrons. The highest BCUT2D eigenvalue weighted by Gasteiger charge is 2.49. The van der Waals surface area contributed by atoms with Gasteiger partial charge in [-0.25, -0.2) is 4.79 Å². The third-order valence-corrected chi connectivity index (χ3v) is 4.41. The average Bonchev–Trinajstić information content (AvgIpc) is 3.36. The van der Waals surface area contributed by atoms with Crippen LogP contribution in [0.15, 0.2) is 24.3 Å². The highest BCUT2D eigenvalue weighted by Crippen LogP contribution is 2.39. The predicted octanol–water partition coefficient (Wildman–Crippen LogP) is 2.86. The molecule has 4 heteroatoms. The Bertz CT molecular complexity index is 481. The maximum Gasteiger partial charge on any atom is 0.329 e. The number of carbonyl (C=O) groups is 1. The molecule has 1 aromatic rings. The lowest BCUT2D eigenvalue weighted by Gasteiger charge is -2.26. The van der Waals surface area contributed by atoms with Crippen molar-refractivity contribution in [1.29, 1.82) is 0 Å². The molecule has 1 fully saturated rings. The van der Waals surface area contributed by atoms with Gasteiger partial charge in [-0.1, -0.05) is 26.0 Å². The third kappa shape index (κ3) is 3.56. The van der Waals surface area contributed by atoms with Gasteiger partial charge >= 0.3 is 5.97 Å². The zero-order valence-electron chi connectivity index (χ0n) is 13.1. The summed E-state index contributed by atoms with van der Waals surface area (Å²) in [6.45, 7) is 4.53. The highest BCUT2D eigenvalue weighted by atomic mass is 16.5. The first-order chi connectivity index (χ1) is 10.0. The van der Waals surface area contributed by atoms with Gasteiger partial charge in [-0.05, 0) is 48.8 Å². The minimum atomic E-state index is -1.02. The topological polar surface area (TPSA) is 61.5 Å². The van der Waals surface area contributed by atoms with E-state index >= 15 is 0 Å². The number of carbonyl (C=O) groups excluding carboxylic acids is 1. The third-order valence-electron chi connectivity index (χ3n) is 4.41. The summed E-state index contributed by atoms with van der Waals surface area (Å²) in [5.74, 6) is 1.06. The van der Waals surface area contributed by atoms with Gasteiger partial charge in [-0.3, -0.25) is 0 Å². The van der Waals surface area contributed by atoms with E-state index in [9.17, 15) is 4.79 Å². The van der Waals surface area contributed by atoms with Crippen molar-refractivity contribution in [2.45, 2.75) is 44.6 Å². The van der Waals surface area contributed by atoms with Gasteiger partial charge in [0.2, 0.25) is 0 Å². The second-order valence-corrected chi connectivity index (χ2v) is 5.97. The fraction of sp³-hybridized carbons (Fsp3) is 0.588. The summed E-state index contributed by atoms with van der Waals surface area (Å²) in [4.78, 5) is 11.9. The molecule has 0 amide bonds. The van der Waals surface area contributed by atoms with E-state index in [1.807, 2.05) is 12.1 Å². The van der Waals surface area contributed by atoms with Crippen LogP contribution in [0.2, 0.25) is 0 Å². The number of nitrogens with two attached hydrogens (primary N) is 1. The Labute approximate surface area is 126 Å². The molecule has 1 saturated carbocycles. The summed E-state index contributed by atoms with van der Waals surface area (Å²) in [7, 11) is 1.37. The van der Waals surface area contributed by atoms with Crippen LogP contribution in [0.5, 0.6) is 5.75 Å². The van der Waals surface area contributed by atoms with Crippen molar-refractivity contribution in [3.05, 3.63) is 29.8 Å². The predicted molar refractivity (Wildman–Crippen MR) is 82.3 cm³/mol. The van der Waals surface area contributed by atoms with Crippen LogP contribution in [0.3, 0.4) is 0 Å². The molecule has 2 atom stereocenters. The molecule has 0 spiro atoms. The van der Waals surface area contributed by atoms with Gasteiger partial charge in [0.15, 0.2) is 5.54 Å². The summed E-state index contributed by atoms with van der Waals surface area (Å²) in [6.07, 6.45) is 3.03. The first-order valence-electron chi connectivity index (χ1n) is 7.61. The minimum absolute atomic E-state index is 0.160. The van der Waals surface area contributed by atoms with Crippen molar-refractivity contribution >= 4 is 5.97 Å². The fourth-order valence-corrected chi connectivity index (χ4v) is 2.46. The molecule has 1 aliphatic carbocycles. The molecule has 0 radical (unpaired) electrons. The maximum atomic E-state index is 11.9. The molecule has 0 saturated heterocycles. The molecule has 0 bridgehead atoms. The summed E-state index contributed by atoms with van der Waals surface area (Å²) in [5.41, 5.74) is 6.47. The van der Waals surface area contributed by atoms with Gasteiger partial charge in [0.25, 0.3) is 0 Å². The molecular weight excluding hydrogens is 266 g/mol. The van der Waals surface area contributed by atoms with Crippen LogP contribution in [-0.2, 0) is 9.53 Å². The smallest absolute Gasteiger partial charge is 0.329 e. The quantitative estimate of drug-likeness (QED) is 0.785. The number of benzene rings is 1. The van der Waals surface area contributed by atoms with E-state index in [1.54, 1.807) is 0 Å². The molecule has 0 aliphatic heterocycles. The number of ether oxygens (including phenoxy) is 2. The monoisotopic (exact) mass is 291 g/mol. The Morgan fingerprint density at radius 2 is 2.00 bits per heavy atom. The van der Waals surface area contributed by atoms with Gasteiger partial charge in [0, 0.05) is 0 Å². The molecular formula is C17H25NO3. The standard InChI is InChI=1S/C17H25NO3/c1-4-12(2)13-5-9-15(10-6-13)21-11-17(18,14-7-8-14)16(19)20-3/h5-6,9-10,12,14H,4,7-8,11,18H2,1-3H3. The molecule has 0 heterocycles. The van der Waals surface area contributed by atoms with Gasteiger partial charge in [0.1, 0.15) is 12.4 Å². The summed E-state index contributed by atoms with van der Waals surface area (Å²) in [5, 5.41) is 0. The first kappa shape index (κ1) is 15.8. The molecule has 2 unspecified atom stereocenters. The van der Waals surface area contributed by atoms with Gasteiger partial charge in [-0.2, -0.15) is 0 Å². The highest BCUT2D eigenvalue weighted by molar-refractivity contribution is 5.81. The maximum absolute atomic E-state index is 11.9. The minimum Gasteiger partial charge on any atom is -0.491 e. The van der Waals surface area contributed by atoms with E-state index in [0.717, 1.165) is 25.0 Å². The Kier molecular flexibility index (Phi) is 4.88. The summed E-state index contributed by atoms with van der Waals surface area (Å²) in [6, 6.07) is 8.01. The van der Waals surface area contributed by atoms with Gasteiger partial charge in [0.05, 0.1) is 7.11 Å². The van der Waals surface area contributed by atoms with Crippen LogP contribution in [0.1, 0.15) is 44.6 Å². The van der Waals surface area contributed by atoms with E-state index in [0.29, 0.717) is 5.92 Å². The van der Waals surface area contributed by atoms with Gasteiger partial charge < -0.3 is 15.2 Å². The van der Waals surface area contributed by atoms with E-state index in [4.69, 9.17) is 15.2 Å². The number of esters is 1. The Balaban J connectivity index is 1.99. The second kappa shape index (κ2) is 6.48. The average molecular weight is 291 g/mol. The van der Waals surface area contributed by atoms with Crippen molar-refractivity contribution < 1.29 is 14.3 Å². The lowest BCUT2D eigenvalue weighted by atomic mass is 9.96. The number of rotatable bonds is 7. The van der Waals surface area contributed by atoms with Crippen molar-refractivity contribution in [3.63, 3.8) is 0 Å². The van der Waals surface area contributed by atoms with Crippen LogP contribution < -0.4 is 10.5 Å². The molecule has 1 aliphatic rings. The number of methoxy groups -OCH3 is 1. The van der Waals surface area contributed by atoms with Crippen LogP contribution in [0.25, 0.3) is 0 Å². The van der Waals surface area contributed by atoms with Crippen LogP contribution in [0, 0.1) is 5.92 Å². The second-order valence-electron chi connectivity index (χ2n) is 5.97. The SMILES string of the molecule is CCC(C)c1ccc(OCC(N)(C(=O)OC)C2CC2)cc1. The van der Waals surface area contributed by atoms with E-state index in [2.05, 4.69) is 26.0 Å². The largest absolute Gasteiger partial charge is 0.491 e. The van der Waals surface area contributed by atoms with Crippen LogP contribution in [-0.4, -0.2) is 25.2 Å². The Morgan fingerprint density at radius 3 is 2.48 bits per heavy atom. The van der Waals surface area contributed by atoms with E-state index in [1.165, 1.54) is 12.7 Å². The van der Waals surface area contributed by atoms with Crippen LogP contribution >= 0.6 is 0 Å². The summed E-state index contributed by atoms with van der Waals surface area (Å²) >= 11 is 0. The zero-order chi connectivity index (χ0) is 15.5. The first-order valence-corrected chi connectivity index (χ1v) is 7.61. The molecule has 0 aromatic heterocycles. The number of hydrogen-bond acceptors (Lipinski definition) is 4. The molecule has 2 rings (SSSR count). The van der Waals surface area contributed by atoms with E-state index < -0.39 is 5.54 Å². The van der Waals surface area contributed by atoms with Crippen LogP contribution in [0.4, 0.5) is 0 Å². The lowest BCUT2D eigenvalue weighted by Crippen LogP contribution is -2.55. The normalized spacial score (nSPS) is 18.7. The van der Waals surface area contributed by atoms with Crippen molar-refractivity contribution in [2.24, 2.45) is 11.7 Å². The van der Waals surface area contributed by atoms with Gasteiger partial charge in [-0.15, -0.1) is 0 Å². The lowest BCUT2D eigenvalue weighted by molar-refractivity contribution is -0.149. The molecule has 4 nitrogen and oxygen atoms in total. The zero-order valence-corrected chi connectivity index (χ0v) is 13.1. The molecule has 2 N–H and O–H groups in total. The summed E-state index contributed by atoms with van der Waals surface area (Å²) < 4.78 is 10.6. The number of hydrogen-bond donors (Lipinski definition) is 1. The molecule has 1 aromatic carbocycles. The van der Waals surface area contributed by atoms with Crippen molar-refractivity contribution in [3.8, 4) is 5.75 Å². The van der Waals surface area contributed by atoms with Crippen molar-refractivity contribution in [2.75, 3.05) is 13.7 Å². The molecule has 21 heavy (non-hydrogen) atoms. The van der Waals surface area contributed by atoms with Crippen molar-refractivity contribution in [1.82, 2.24) is 0 Å².